The monoisotopic (exact) mass is 306 g/mol. The highest BCUT2D eigenvalue weighted by Crippen LogP contribution is 2.24. The van der Waals surface area contributed by atoms with E-state index in [1.165, 1.54) is 18.2 Å². The van der Waals surface area contributed by atoms with E-state index in [1.54, 1.807) is 6.07 Å². The average molecular weight is 307 g/mol. The lowest BCUT2D eigenvalue weighted by Crippen LogP contribution is -2.32. The molecule has 0 aromatic heterocycles. The van der Waals surface area contributed by atoms with Crippen LogP contribution in [0.5, 0.6) is 5.75 Å². The molecule has 1 aliphatic heterocycles. The largest absolute Gasteiger partial charge is 0.506 e. The van der Waals surface area contributed by atoms with E-state index in [4.69, 9.17) is 21.6 Å². The first-order valence-corrected chi connectivity index (χ1v) is 6.98. The summed E-state index contributed by atoms with van der Waals surface area (Å²) in [5, 5.41) is 21.3. The first-order chi connectivity index (χ1) is 10.1. The molecule has 2 rings (SSSR count). The molecule has 0 radical (unpaired) electrons. The summed E-state index contributed by atoms with van der Waals surface area (Å²) in [6.45, 7) is 1.11. The Kier molecular flexibility index (Phi) is 5.20. The molecule has 110 valence electrons. The molecule has 2 N–H and O–H groups in total. The Bertz CT molecular complexity index is 601. The van der Waals surface area contributed by atoms with Gasteiger partial charge in [0.1, 0.15) is 17.4 Å². The van der Waals surface area contributed by atoms with Crippen LogP contribution in [0.2, 0.25) is 5.02 Å². The number of phenols is 1. The van der Waals surface area contributed by atoms with Crippen molar-refractivity contribution in [2.24, 2.45) is 0 Å². The van der Waals surface area contributed by atoms with E-state index < -0.39 is 5.91 Å². The highest BCUT2D eigenvalue weighted by Gasteiger charge is 2.17. The fraction of sp³-hybridized carbons (Fsp3) is 0.333. The van der Waals surface area contributed by atoms with Crippen LogP contribution in [0.15, 0.2) is 23.8 Å². The van der Waals surface area contributed by atoms with Gasteiger partial charge >= 0.3 is 0 Å². The molecule has 1 atom stereocenters. The maximum Gasteiger partial charge on any atom is 0.262 e. The molecule has 1 aromatic rings. The number of ether oxygens (including phenoxy) is 1. The first kappa shape index (κ1) is 15.4. The van der Waals surface area contributed by atoms with Gasteiger partial charge in [0.05, 0.1) is 11.1 Å². The third kappa shape index (κ3) is 4.22. The lowest BCUT2D eigenvalue weighted by molar-refractivity contribution is -0.117. The van der Waals surface area contributed by atoms with Gasteiger partial charge in [0.2, 0.25) is 0 Å². The van der Waals surface area contributed by atoms with Gasteiger partial charge in [-0.3, -0.25) is 4.79 Å². The van der Waals surface area contributed by atoms with Crippen LogP contribution in [-0.4, -0.2) is 30.3 Å². The molecule has 0 bridgehead atoms. The minimum absolute atomic E-state index is 0.0187. The number of nitriles is 1. The highest BCUT2D eigenvalue weighted by atomic mass is 35.5. The van der Waals surface area contributed by atoms with Crippen LogP contribution in [0.25, 0.3) is 6.08 Å². The van der Waals surface area contributed by atoms with Crippen molar-refractivity contribution in [3.05, 3.63) is 34.4 Å². The quantitative estimate of drug-likeness (QED) is 0.660. The molecule has 1 fully saturated rings. The second kappa shape index (κ2) is 7.11. The number of halogens is 1. The van der Waals surface area contributed by atoms with Crippen LogP contribution in [-0.2, 0) is 9.53 Å². The van der Waals surface area contributed by atoms with E-state index in [-0.39, 0.29) is 22.4 Å². The second-order valence-electron chi connectivity index (χ2n) is 4.73. The molecule has 5 nitrogen and oxygen atoms in total. The number of amides is 1. The molecule has 1 aromatic carbocycles. The van der Waals surface area contributed by atoms with E-state index in [0.29, 0.717) is 18.7 Å². The van der Waals surface area contributed by atoms with Gasteiger partial charge in [-0.15, -0.1) is 0 Å². The van der Waals surface area contributed by atoms with Crippen LogP contribution in [0.4, 0.5) is 0 Å². The Morgan fingerprint density at radius 2 is 2.43 bits per heavy atom. The third-order valence-electron chi connectivity index (χ3n) is 3.16. The zero-order valence-corrected chi connectivity index (χ0v) is 12.1. The molecule has 6 heteroatoms. The lowest BCUT2D eigenvalue weighted by atomic mass is 10.1. The smallest absolute Gasteiger partial charge is 0.262 e. The Labute approximate surface area is 127 Å². The average Bonchev–Trinajstić information content (AvgIpc) is 2.99. The number of benzene rings is 1. The van der Waals surface area contributed by atoms with E-state index in [2.05, 4.69) is 5.32 Å². The molecule has 0 aliphatic carbocycles. The van der Waals surface area contributed by atoms with Gasteiger partial charge in [0.15, 0.2) is 0 Å². The van der Waals surface area contributed by atoms with Gasteiger partial charge < -0.3 is 15.2 Å². The van der Waals surface area contributed by atoms with Gasteiger partial charge in [-0.25, -0.2) is 0 Å². The predicted molar refractivity (Wildman–Crippen MR) is 78.7 cm³/mol. The Morgan fingerprint density at radius 1 is 1.62 bits per heavy atom. The van der Waals surface area contributed by atoms with Crippen molar-refractivity contribution in [2.75, 3.05) is 13.2 Å². The van der Waals surface area contributed by atoms with Gasteiger partial charge in [-0.1, -0.05) is 17.7 Å². The highest BCUT2D eigenvalue weighted by molar-refractivity contribution is 6.32. The number of aromatic hydroxyl groups is 1. The summed E-state index contributed by atoms with van der Waals surface area (Å²) in [7, 11) is 0. The first-order valence-electron chi connectivity index (χ1n) is 6.60. The zero-order valence-electron chi connectivity index (χ0n) is 11.3. The summed E-state index contributed by atoms with van der Waals surface area (Å²) >= 11 is 5.79. The molecule has 1 heterocycles. The standard InChI is InChI=1S/C15H15ClN2O3/c16-13-7-10(3-4-14(13)19)6-11(8-17)15(20)18-9-12-2-1-5-21-12/h3-4,6-7,12,19H,1-2,5,9H2,(H,18,20)/b11-6+. The van der Waals surface area contributed by atoms with Crippen molar-refractivity contribution in [1.82, 2.24) is 5.32 Å². The summed E-state index contributed by atoms with van der Waals surface area (Å²) in [4.78, 5) is 11.9. The van der Waals surface area contributed by atoms with E-state index in [9.17, 15) is 9.90 Å². The van der Waals surface area contributed by atoms with E-state index >= 15 is 0 Å². The summed E-state index contributed by atoms with van der Waals surface area (Å²) < 4.78 is 5.40. The van der Waals surface area contributed by atoms with Gasteiger partial charge in [-0.05, 0) is 36.6 Å². The van der Waals surface area contributed by atoms with Crippen molar-refractivity contribution >= 4 is 23.6 Å². The topological polar surface area (TPSA) is 82.3 Å². The third-order valence-corrected chi connectivity index (χ3v) is 3.46. The zero-order chi connectivity index (χ0) is 15.2. The van der Waals surface area contributed by atoms with Crippen molar-refractivity contribution < 1.29 is 14.6 Å². The lowest BCUT2D eigenvalue weighted by Gasteiger charge is -2.10. The number of nitrogens with one attached hydrogen (secondary N) is 1. The van der Waals surface area contributed by atoms with Crippen LogP contribution >= 0.6 is 11.6 Å². The normalized spacial score (nSPS) is 18.3. The Balaban J connectivity index is 2.03. The number of phenolic OH excluding ortho intramolecular Hbond substituents is 1. The molecular weight excluding hydrogens is 292 g/mol. The second-order valence-corrected chi connectivity index (χ2v) is 5.13. The minimum Gasteiger partial charge on any atom is -0.506 e. The van der Waals surface area contributed by atoms with Gasteiger partial charge in [-0.2, -0.15) is 5.26 Å². The van der Waals surface area contributed by atoms with Gasteiger partial charge in [0.25, 0.3) is 5.91 Å². The molecule has 1 saturated heterocycles. The number of carbonyl (C=O) groups excluding carboxylic acids is 1. The van der Waals surface area contributed by atoms with E-state index in [0.717, 1.165) is 12.8 Å². The van der Waals surface area contributed by atoms with Crippen molar-refractivity contribution in [1.29, 1.82) is 5.26 Å². The Hall–Kier alpha value is -2.03. The minimum atomic E-state index is -0.447. The summed E-state index contributed by atoms with van der Waals surface area (Å²) in [5.41, 5.74) is 0.552. The maximum absolute atomic E-state index is 11.9. The molecule has 1 unspecified atom stereocenters. The van der Waals surface area contributed by atoms with Crippen molar-refractivity contribution in [3.63, 3.8) is 0 Å². The number of carbonyl (C=O) groups is 1. The van der Waals surface area contributed by atoms with Crippen LogP contribution in [0.3, 0.4) is 0 Å². The summed E-state index contributed by atoms with van der Waals surface area (Å²) in [6, 6.07) is 6.34. The SMILES string of the molecule is N#C/C(=C\c1ccc(O)c(Cl)c1)C(=O)NCC1CCCO1. The molecule has 1 aliphatic rings. The van der Waals surface area contributed by atoms with Crippen LogP contribution in [0.1, 0.15) is 18.4 Å². The van der Waals surface area contributed by atoms with E-state index in [1.807, 2.05) is 6.07 Å². The molecule has 21 heavy (non-hydrogen) atoms. The number of rotatable bonds is 4. The molecular formula is C15H15ClN2O3. The summed E-state index contributed by atoms with van der Waals surface area (Å²) in [6.07, 6.45) is 3.36. The molecule has 1 amide bonds. The summed E-state index contributed by atoms with van der Waals surface area (Å²) in [5.74, 6) is -0.493. The van der Waals surface area contributed by atoms with Crippen LogP contribution < -0.4 is 5.32 Å². The number of hydrogen-bond acceptors (Lipinski definition) is 4. The number of nitrogens with zero attached hydrogens (tertiary/aromatic N) is 1. The van der Waals surface area contributed by atoms with Crippen molar-refractivity contribution in [3.8, 4) is 11.8 Å². The Morgan fingerprint density at radius 3 is 3.05 bits per heavy atom. The molecule has 0 spiro atoms. The fourth-order valence-electron chi connectivity index (χ4n) is 2.04. The maximum atomic E-state index is 11.9. The van der Waals surface area contributed by atoms with Crippen molar-refractivity contribution in [2.45, 2.75) is 18.9 Å². The molecule has 0 saturated carbocycles. The van der Waals surface area contributed by atoms with Gasteiger partial charge in [0, 0.05) is 13.2 Å². The fourth-order valence-corrected chi connectivity index (χ4v) is 2.22. The number of hydrogen-bond donors (Lipinski definition) is 2. The predicted octanol–water partition coefficient (Wildman–Crippen LogP) is 2.25. The van der Waals surface area contributed by atoms with Crippen LogP contribution in [0, 0.1) is 11.3 Å².